The molecular weight excluding hydrogens is 496 g/mol. The average Bonchev–Trinajstić information content (AvgIpc) is 2.88. The summed E-state index contributed by atoms with van der Waals surface area (Å²) in [4.78, 5) is 22.8. The van der Waals surface area contributed by atoms with Crippen LogP contribution in [-0.4, -0.2) is 58.4 Å². The molecule has 4 rings (SSSR count). The molecule has 3 heterocycles. The van der Waals surface area contributed by atoms with Gasteiger partial charge in [-0.3, -0.25) is 9.78 Å². The molecule has 1 saturated heterocycles. The molecule has 2 unspecified atom stereocenters. The Kier molecular flexibility index (Phi) is 9.42. The van der Waals surface area contributed by atoms with Crippen LogP contribution in [0.25, 0.3) is 10.9 Å². The van der Waals surface area contributed by atoms with Crippen LogP contribution in [0, 0.1) is 11.8 Å². The predicted molar refractivity (Wildman–Crippen MR) is 145 cm³/mol. The van der Waals surface area contributed by atoms with Crippen LogP contribution in [-0.2, 0) is 4.79 Å². The number of nitrogens with two attached hydrogens (primary N) is 1. The Bertz CT molecular complexity index is 1170. The first-order valence-corrected chi connectivity index (χ1v) is 13.7. The van der Waals surface area contributed by atoms with E-state index in [1.807, 2.05) is 36.4 Å². The summed E-state index contributed by atoms with van der Waals surface area (Å²) in [6.45, 7) is 2.68. The third kappa shape index (κ3) is 6.88. The zero-order valence-electron chi connectivity index (χ0n) is 20.5. The van der Waals surface area contributed by atoms with Gasteiger partial charge >= 0.3 is 5.97 Å². The summed E-state index contributed by atoms with van der Waals surface area (Å²) in [7, 11) is 1.63. The number of hydrogen-bond acceptors (Lipinski definition) is 7. The predicted octanol–water partition coefficient (Wildman–Crippen LogP) is 5.28. The Balaban J connectivity index is 1.38. The Morgan fingerprint density at radius 1 is 1.31 bits per heavy atom. The highest BCUT2D eigenvalue weighted by Crippen LogP contribution is 2.36. The quantitative estimate of drug-likeness (QED) is 0.324. The highest BCUT2D eigenvalue weighted by molar-refractivity contribution is 7.99. The van der Waals surface area contributed by atoms with Crippen molar-refractivity contribution in [3.05, 3.63) is 59.4 Å². The monoisotopic (exact) mass is 528 g/mol. The van der Waals surface area contributed by atoms with E-state index in [2.05, 4.69) is 14.9 Å². The standard InChI is InChI=1S/C27H33ClN4O3S/c1-35-20-6-8-24-21(15-20)27(22(28)16-31-24)23(29)7-5-18-9-11-32(17-19(18)14-26(33)34)12-13-36-25-4-2-3-10-30-25/h2-4,6,8,10,15-16,18-19,23H,5,7,9,11-14,17,29H2,1H3,(H,33,34)/t18?,19?,23-/m1/s1. The van der Waals surface area contributed by atoms with Gasteiger partial charge in [0, 0.05) is 49.1 Å². The number of piperidine rings is 1. The van der Waals surface area contributed by atoms with E-state index in [0.717, 1.165) is 71.9 Å². The van der Waals surface area contributed by atoms with Crippen molar-refractivity contribution in [3.8, 4) is 5.75 Å². The van der Waals surface area contributed by atoms with Crippen molar-refractivity contribution >= 4 is 40.2 Å². The fourth-order valence-electron chi connectivity index (χ4n) is 5.12. The number of rotatable bonds is 11. The second-order valence-corrected chi connectivity index (χ2v) is 10.8. The maximum absolute atomic E-state index is 11.6. The van der Waals surface area contributed by atoms with Gasteiger partial charge in [0.2, 0.25) is 0 Å². The van der Waals surface area contributed by atoms with Crippen molar-refractivity contribution in [2.45, 2.75) is 36.8 Å². The van der Waals surface area contributed by atoms with Crippen LogP contribution in [0.2, 0.25) is 5.02 Å². The number of likely N-dealkylation sites (tertiary alicyclic amines) is 1. The van der Waals surface area contributed by atoms with E-state index in [4.69, 9.17) is 22.1 Å². The van der Waals surface area contributed by atoms with Crippen LogP contribution >= 0.6 is 23.4 Å². The molecule has 1 aromatic carbocycles. The summed E-state index contributed by atoms with van der Waals surface area (Å²) in [5, 5.41) is 12.0. The average molecular weight is 529 g/mol. The SMILES string of the molecule is COc1ccc2ncc(Cl)c([C@H](N)CCC3CCN(CCSc4ccccn4)CC3CC(=O)O)c2c1. The summed E-state index contributed by atoms with van der Waals surface area (Å²) in [6, 6.07) is 11.4. The molecular formula is C27H33ClN4O3S. The van der Waals surface area contributed by atoms with E-state index < -0.39 is 5.97 Å². The number of methoxy groups -OCH3 is 1. The molecule has 3 atom stereocenters. The van der Waals surface area contributed by atoms with Gasteiger partial charge in [-0.05, 0) is 73.5 Å². The van der Waals surface area contributed by atoms with E-state index in [1.54, 1.807) is 31.3 Å². The maximum atomic E-state index is 11.6. The van der Waals surface area contributed by atoms with Crippen LogP contribution < -0.4 is 10.5 Å². The molecule has 3 N–H and O–H groups in total. The number of pyridine rings is 2. The minimum atomic E-state index is -0.741. The van der Waals surface area contributed by atoms with Crippen molar-refractivity contribution in [1.29, 1.82) is 0 Å². The van der Waals surface area contributed by atoms with Crippen molar-refractivity contribution in [2.24, 2.45) is 17.6 Å². The number of fused-ring (bicyclic) bond motifs is 1. The number of ether oxygens (including phenoxy) is 1. The van der Waals surface area contributed by atoms with Gasteiger partial charge in [0.05, 0.1) is 22.7 Å². The summed E-state index contributed by atoms with van der Waals surface area (Å²) in [6.07, 6.45) is 6.20. The number of halogens is 1. The Labute approximate surface area is 221 Å². The highest BCUT2D eigenvalue weighted by Gasteiger charge is 2.31. The lowest BCUT2D eigenvalue weighted by Crippen LogP contribution is -2.42. The second kappa shape index (κ2) is 12.7. The first kappa shape index (κ1) is 26.7. The van der Waals surface area contributed by atoms with E-state index >= 15 is 0 Å². The van der Waals surface area contributed by atoms with E-state index in [9.17, 15) is 9.90 Å². The molecule has 1 aliphatic rings. The van der Waals surface area contributed by atoms with Gasteiger partial charge in [-0.15, -0.1) is 11.8 Å². The molecule has 0 aliphatic carbocycles. The summed E-state index contributed by atoms with van der Waals surface area (Å²) in [5.74, 6) is 1.34. The van der Waals surface area contributed by atoms with Gasteiger partial charge in [0.25, 0.3) is 0 Å². The molecule has 3 aromatic rings. The largest absolute Gasteiger partial charge is 0.497 e. The van der Waals surface area contributed by atoms with Gasteiger partial charge in [0.1, 0.15) is 5.75 Å². The molecule has 36 heavy (non-hydrogen) atoms. The molecule has 0 bridgehead atoms. The molecule has 1 fully saturated rings. The summed E-state index contributed by atoms with van der Waals surface area (Å²) < 4.78 is 5.39. The number of aliphatic carboxylic acids is 1. The maximum Gasteiger partial charge on any atom is 0.303 e. The van der Waals surface area contributed by atoms with Crippen LogP contribution in [0.15, 0.2) is 53.8 Å². The number of aromatic nitrogens is 2. The Hall–Kier alpha value is -2.39. The van der Waals surface area contributed by atoms with Crippen LogP contribution in [0.1, 0.15) is 37.3 Å². The first-order chi connectivity index (χ1) is 17.4. The number of carbonyl (C=O) groups is 1. The van der Waals surface area contributed by atoms with Gasteiger partial charge in [0.15, 0.2) is 0 Å². The molecule has 1 aliphatic heterocycles. The van der Waals surface area contributed by atoms with Crippen LogP contribution in [0.3, 0.4) is 0 Å². The molecule has 2 aromatic heterocycles. The smallest absolute Gasteiger partial charge is 0.303 e. The van der Waals surface area contributed by atoms with Crippen LogP contribution in [0.5, 0.6) is 5.75 Å². The van der Waals surface area contributed by atoms with Crippen molar-refractivity contribution in [1.82, 2.24) is 14.9 Å². The highest BCUT2D eigenvalue weighted by atomic mass is 35.5. The second-order valence-electron chi connectivity index (χ2n) is 9.31. The minimum Gasteiger partial charge on any atom is -0.497 e. The number of nitrogens with zero attached hydrogens (tertiary/aromatic N) is 3. The van der Waals surface area contributed by atoms with Gasteiger partial charge in [-0.1, -0.05) is 17.7 Å². The minimum absolute atomic E-state index is 0.105. The zero-order chi connectivity index (χ0) is 25.5. The number of carboxylic acids is 1. The Morgan fingerprint density at radius 3 is 2.92 bits per heavy atom. The van der Waals surface area contributed by atoms with Crippen molar-refractivity contribution < 1.29 is 14.6 Å². The molecule has 0 spiro atoms. The molecule has 0 amide bonds. The van der Waals surface area contributed by atoms with E-state index in [-0.39, 0.29) is 18.4 Å². The van der Waals surface area contributed by atoms with Gasteiger partial charge < -0.3 is 20.5 Å². The molecule has 0 saturated carbocycles. The third-order valence-electron chi connectivity index (χ3n) is 6.99. The number of benzene rings is 1. The zero-order valence-corrected chi connectivity index (χ0v) is 22.0. The fourth-order valence-corrected chi connectivity index (χ4v) is 6.28. The third-order valence-corrected chi connectivity index (χ3v) is 8.22. The van der Waals surface area contributed by atoms with Gasteiger partial charge in [-0.2, -0.15) is 0 Å². The molecule has 9 heteroatoms. The fraction of sp³-hybridized carbons (Fsp3) is 0.444. The van der Waals surface area contributed by atoms with E-state index in [0.29, 0.717) is 10.9 Å². The topological polar surface area (TPSA) is 102 Å². The lowest BCUT2D eigenvalue weighted by atomic mass is 9.79. The van der Waals surface area contributed by atoms with E-state index in [1.165, 1.54) is 0 Å². The van der Waals surface area contributed by atoms with Crippen molar-refractivity contribution in [2.75, 3.05) is 32.5 Å². The molecule has 7 nitrogen and oxygen atoms in total. The number of hydrogen-bond donors (Lipinski definition) is 2. The lowest BCUT2D eigenvalue weighted by molar-refractivity contribution is -0.139. The first-order valence-electron chi connectivity index (χ1n) is 12.3. The van der Waals surface area contributed by atoms with Crippen LogP contribution in [0.4, 0.5) is 0 Å². The Morgan fingerprint density at radius 2 is 2.17 bits per heavy atom. The molecule has 0 radical (unpaired) electrons. The van der Waals surface area contributed by atoms with Gasteiger partial charge in [-0.25, -0.2) is 4.98 Å². The lowest BCUT2D eigenvalue weighted by Gasteiger charge is -2.38. The van der Waals surface area contributed by atoms with Crippen molar-refractivity contribution in [3.63, 3.8) is 0 Å². The number of carboxylic acid groups (broad SMARTS) is 1. The summed E-state index contributed by atoms with van der Waals surface area (Å²) >= 11 is 8.28. The normalized spacial score (nSPS) is 19.3. The molecule has 192 valence electrons. The number of thioether (sulfide) groups is 1. The summed E-state index contributed by atoms with van der Waals surface area (Å²) in [5.41, 5.74) is 8.38.